The Labute approximate surface area is 102 Å². The maximum atomic E-state index is 9.59. The lowest BCUT2D eigenvalue weighted by atomic mass is 10.0. The summed E-state index contributed by atoms with van der Waals surface area (Å²) in [5.74, 6) is 0.397. The third kappa shape index (κ3) is 4.11. The summed E-state index contributed by atoms with van der Waals surface area (Å²) < 4.78 is 0. The molecule has 0 aliphatic carbocycles. The van der Waals surface area contributed by atoms with Crippen LogP contribution in [0.1, 0.15) is 11.1 Å². The minimum absolute atomic E-state index is 0.397. The zero-order chi connectivity index (χ0) is 12.5. The predicted molar refractivity (Wildman–Crippen MR) is 69.1 cm³/mol. The number of carbonyl (C=O) groups is 1. The summed E-state index contributed by atoms with van der Waals surface area (Å²) in [5, 5.41) is 9.59. The quantitative estimate of drug-likeness (QED) is 0.876. The molecule has 1 N–H and O–H groups in total. The molecule has 0 bridgehead atoms. The molecule has 0 spiro atoms. The number of carbonyl (C=O) groups excluding carboxylic acids is 1. The first kappa shape index (κ1) is 13.0. The average molecular weight is 228 g/mol. The third-order valence-electron chi connectivity index (χ3n) is 2.52. The Hall–Kier alpha value is -2.09. The highest BCUT2D eigenvalue weighted by molar-refractivity contribution is 5.32. The molecule has 88 valence electrons. The van der Waals surface area contributed by atoms with Crippen molar-refractivity contribution in [1.82, 2.24) is 0 Å². The molecule has 0 radical (unpaired) electrons. The molecule has 17 heavy (non-hydrogen) atoms. The number of para-hydroxylation sites is 1. The molecule has 0 saturated carbocycles. The van der Waals surface area contributed by atoms with Crippen LogP contribution in [0.5, 0.6) is 5.75 Å². The van der Waals surface area contributed by atoms with Crippen LogP contribution >= 0.6 is 0 Å². The van der Waals surface area contributed by atoms with E-state index in [1.54, 1.807) is 6.07 Å². The highest BCUT2D eigenvalue weighted by atomic mass is 16.3. The Morgan fingerprint density at radius 1 is 0.824 bits per heavy atom. The van der Waals surface area contributed by atoms with E-state index in [1.807, 2.05) is 43.2 Å². The molecule has 0 unspecified atom stereocenters. The van der Waals surface area contributed by atoms with Crippen LogP contribution in [0.2, 0.25) is 0 Å². The minimum atomic E-state index is 0.397. The van der Waals surface area contributed by atoms with Crippen LogP contribution < -0.4 is 0 Å². The van der Waals surface area contributed by atoms with E-state index in [0.717, 1.165) is 18.4 Å². The summed E-state index contributed by atoms with van der Waals surface area (Å²) in [6.07, 6.45) is 1.86. The molecule has 0 aliphatic heterocycles. The summed E-state index contributed by atoms with van der Waals surface area (Å²) in [4.78, 5) is 8.00. The molecular weight excluding hydrogens is 212 g/mol. The standard InChI is InChI=1S/C14H14O.CH2O/c15-14-9-5-4-8-13(14)11-10-12-6-2-1-3-7-12;1-2/h1-9,15H,10-11H2;1H2. The maximum Gasteiger partial charge on any atom is 0.118 e. The fourth-order valence-electron chi connectivity index (χ4n) is 1.65. The SMILES string of the molecule is C=O.Oc1ccccc1CCc1ccccc1. The van der Waals surface area contributed by atoms with Crippen LogP contribution in [0, 0.1) is 0 Å². The van der Waals surface area contributed by atoms with Crippen molar-refractivity contribution < 1.29 is 9.90 Å². The third-order valence-corrected chi connectivity index (χ3v) is 2.52. The van der Waals surface area contributed by atoms with Crippen molar-refractivity contribution in [3.05, 3.63) is 65.7 Å². The van der Waals surface area contributed by atoms with Crippen molar-refractivity contribution in [1.29, 1.82) is 0 Å². The van der Waals surface area contributed by atoms with Gasteiger partial charge < -0.3 is 9.90 Å². The summed E-state index contributed by atoms with van der Waals surface area (Å²) in [6.45, 7) is 2.00. The van der Waals surface area contributed by atoms with E-state index in [4.69, 9.17) is 4.79 Å². The molecule has 0 aromatic heterocycles. The van der Waals surface area contributed by atoms with E-state index in [0.29, 0.717) is 5.75 Å². The van der Waals surface area contributed by atoms with Crippen molar-refractivity contribution in [3.8, 4) is 5.75 Å². The number of phenols is 1. The second kappa shape index (κ2) is 7.23. The fourth-order valence-corrected chi connectivity index (χ4v) is 1.65. The molecule has 2 aromatic carbocycles. The maximum absolute atomic E-state index is 9.59. The predicted octanol–water partition coefficient (Wildman–Crippen LogP) is 2.99. The van der Waals surface area contributed by atoms with Crippen molar-refractivity contribution >= 4 is 6.79 Å². The number of phenolic OH excluding ortho intramolecular Hbond substituents is 1. The summed E-state index contributed by atoms with van der Waals surface area (Å²) in [7, 11) is 0. The molecule has 0 heterocycles. The zero-order valence-electron chi connectivity index (χ0n) is 9.67. The van der Waals surface area contributed by atoms with Crippen molar-refractivity contribution in [2.45, 2.75) is 12.8 Å². The van der Waals surface area contributed by atoms with E-state index < -0.39 is 0 Å². The number of benzene rings is 2. The lowest BCUT2D eigenvalue weighted by molar-refractivity contribution is -0.0979. The van der Waals surface area contributed by atoms with Crippen LogP contribution in [0.4, 0.5) is 0 Å². The lowest BCUT2D eigenvalue weighted by Crippen LogP contribution is -1.91. The van der Waals surface area contributed by atoms with Gasteiger partial charge in [-0.25, -0.2) is 0 Å². The van der Waals surface area contributed by atoms with E-state index in [-0.39, 0.29) is 0 Å². The monoisotopic (exact) mass is 228 g/mol. The molecule has 0 aliphatic rings. The van der Waals surface area contributed by atoms with Gasteiger partial charge in [0.1, 0.15) is 12.5 Å². The highest BCUT2D eigenvalue weighted by Gasteiger charge is 1.99. The van der Waals surface area contributed by atoms with Crippen LogP contribution in [-0.2, 0) is 17.6 Å². The first-order valence-electron chi connectivity index (χ1n) is 5.46. The Balaban J connectivity index is 0.000000686. The van der Waals surface area contributed by atoms with E-state index in [2.05, 4.69) is 12.1 Å². The van der Waals surface area contributed by atoms with Crippen molar-refractivity contribution in [2.75, 3.05) is 0 Å². The second-order valence-corrected chi connectivity index (χ2v) is 3.61. The van der Waals surface area contributed by atoms with Crippen molar-refractivity contribution in [2.24, 2.45) is 0 Å². The lowest BCUT2D eigenvalue weighted by Gasteiger charge is -2.03. The fraction of sp³-hybridized carbons (Fsp3) is 0.133. The number of aryl methyl sites for hydroxylation is 2. The summed E-state index contributed by atoms with van der Waals surface area (Å²) >= 11 is 0. The van der Waals surface area contributed by atoms with Gasteiger partial charge in [-0.3, -0.25) is 0 Å². The zero-order valence-corrected chi connectivity index (χ0v) is 9.67. The Bertz CT molecular complexity index is 438. The molecule has 2 nitrogen and oxygen atoms in total. The molecule has 2 heteroatoms. The van der Waals surface area contributed by atoms with Gasteiger partial charge >= 0.3 is 0 Å². The van der Waals surface area contributed by atoms with E-state index >= 15 is 0 Å². The summed E-state index contributed by atoms with van der Waals surface area (Å²) in [5.41, 5.74) is 2.32. The smallest absolute Gasteiger partial charge is 0.118 e. The van der Waals surface area contributed by atoms with Crippen LogP contribution in [0.3, 0.4) is 0 Å². The second-order valence-electron chi connectivity index (χ2n) is 3.61. The largest absolute Gasteiger partial charge is 0.508 e. The van der Waals surface area contributed by atoms with Gasteiger partial charge in [0.25, 0.3) is 0 Å². The van der Waals surface area contributed by atoms with Gasteiger partial charge in [-0.2, -0.15) is 0 Å². The molecular formula is C15H16O2. The van der Waals surface area contributed by atoms with E-state index in [1.165, 1.54) is 5.56 Å². The van der Waals surface area contributed by atoms with E-state index in [9.17, 15) is 5.11 Å². The molecule has 0 saturated heterocycles. The van der Waals surface area contributed by atoms with Gasteiger partial charge in [0.2, 0.25) is 0 Å². The number of aromatic hydroxyl groups is 1. The van der Waals surface area contributed by atoms with Gasteiger partial charge in [-0.05, 0) is 30.0 Å². The molecule has 0 fully saturated rings. The molecule has 0 amide bonds. The normalized spacial score (nSPS) is 9.18. The Kier molecular flexibility index (Phi) is 5.52. The number of rotatable bonds is 3. The Morgan fingerprint density at radius 3 is 2.06 bits per heavy atom. The van der Waals surface area contributed by atoms with Crippen LogP contribution in [0.25, 0.3) is 0 Å². The van der Waals surface area contributed by atoms with Gasteiger partial charge in [-0.1, -0.05) is 48.5 Å². The van der Waals surface area contributed by atoms with Gasteiger partial charge in [0.05, 0.1) is 0 Å². The first-order valence-corrected chi connectivity index (χ1v) is 5.46. The van der Waals surface area contributed by atoms with Crippen molar-refractivity contribution in [3.63, 3.8) is 0 Å². The Morgan fingerprint density at radius 2 is 1.41 bits per heavy atom. The van der Waals surface area contributed by atoms with Crippen LogP contribution in [-0.4, -0.2) is 11.9 Å². The minimum Gasteiger partial charge on any atom is -0.508 e. The number of hydrogen-bond acceptors (Lipinski definition) is 2. The van der Waals surface area contributed by atoms with Gasteiger partial charge in [-0.15, -0.1) is 0 Å². The highest BCUT2D eigenvalue weighted by Crippen LogP contribution is 2.17. The van der Waals surface area contributed by atoms with Gasteiger partial charge in [0.15, 0.2) is 0 Å². The van der Waals surface area contributed by atoms with Gasteiger partial charge in [0, 0.05) is 0 Å². The molecule has 2 rings (SSSR count). The molecule has 2 aromatic rings. The molecule has 0 atom stereocenters. The summed E-state index contributed by atoms with van der Waals surface area (Å²) in [6, 6.07) is 17.8. The topological polar surface area (TPSA) is 37.3 Å². The van der Waals surface area contributed by atoms with Crippen LogP contribution in [0.15, 0.2) is 54.6 Å². The number of hydrogen-bond donors (Lipinski definition) is 1. The average Bonchev–Trinajstić information content (AvgIpc) is 2.41. The first-order chi connectivity index (χ1) is 8.36.